The molecule has 294 valence electrons. The van der Waals surface area contributed by atoms with E-state index in [2.05, 4.69) is 228 Å². The monoisotopic (exact) mass is 802 g/mol. The minimum absolute atomic E-state index is 0.912. The van der Waals surface area contributed by atoms with Crippen LogP contribution in [0.15, 0.2) is 235 Å². The van der Waals surface area contributed by atoms with Gasteiger partial charge in [-0.3, -0.25) is 0 Å². The molecule has 3 aromatic heterocycles. The molecule has 0 fully saturated rings. The van der Waals surface area contributed by atoms with Gasteiger partial charge in [-0.15, -0.1) is 0 Å². The van der Waals surface area contributed by atoms with Gasteiger partial charge in [-0.05, 0) is 112 Å². The van der Waals surface area contributed by atoms with Gasteiger partial charge in [0.15, 0.2) is 0 Å². The molecule has 0 bridgehead atoms. The highest BCUT2D eigenvalue weighted by molar-refractivity contribution is 6.13. The van der Waals surface area contributed by atoms with E-state index in [9.17, 15) is 0 Å². The standard InChI is InChI=1S/C60H38N2O/c1-5-28-55-49(22-1)50-23-2-6-29-56(50)62(55)47-32-33-58-54(38-47)51-24-3-7-30-57(51)61(58)46-21-12-19-44(37-46)42-17-10-15-40(35-42)39-14-9-16-41(34-39)43-18-11-20-45(36-43)48-26-13-27-53-52-25-4-8-31-59(52)63-60(48)53/h1-38H. The van der Waals surface area contributed by atoms with E-state index < -0.39 is 0 Å². The molecule has 0 saturated heterocycles. The third-order valence-corrected chi connectivity index (χ3v) is 12.9. The van der Waals surface area contributed by atoms with Crippen molar-refractivity contribution in [3.8, 4) is 55.9 Å². The van der Waals surface area contributed by atoms with E-state index in [0.717, 1.165) is 44.4 Å². The van der Waals surface area contributed by atoms with Crippen molar-refractivity contribution >= 4 is 65.6 Å². The minimum atomic E-state index is 0.912. The summed E-state index contributed by atoms with van der Waals surface area (Å²) in [5, 5.41) is 7.28. The normalized spacial score (nSPS) is 11.8. The molecule has 3 heterocycles. The lowest BCUT2D eigenvalue weighted by Gasteiger charge is -2.12. The van der Waals surface area contributed by atoms with Gasteiger partial charge >= 0.3 is 0 Å². The van der Waals surface area contributed by atoms with Crippen molar-refractivity contribution in [3.05, 3.63) is 231 Å². The smallest absolute Gasteiger partial charge is 0.143 e. The van der Waals surface area contributed by atoms with Crippen LogP contribution >= 0.6 is 0 Å². The van der Waals surface area contributed by atoms with Crippen LogP contribution in [0.25, 0.3) is 121 Å². The minimum Gasteiger partial charge on any atom is -0.455 e. The molecule has 3 nitrogen and oxygen atoms in total. The Labute approximate surface area is 363 Å². The third kappa shape index (κ3) is 5.67. The zero-order chi connectivity index (χ0) is 41.4. The number of furan rings is 1. The van der Waals surface area contributed by atoms with Crippen LogP contribution in [0.2, 0.25) is 0 Å². The molecule has 0 saturated carbocycles. The van der Waals surface area contributed by atoms with E-state index in [0.29, 0.717) is 0 Å². The second-order valence-corrected chi connectivity index (χ2v) is 16.5. The lowest BCUT2D eigenvalue weighted by atomic mass is 9.94. The molecule has 0 spiro atoms. The maximum atomic E-state index is 6.41. The number of nitrogens with zero attached hydrogens (tertiary/aromatic N) is 2. The molecular weight excluding hydrogens is 765 g/mol. The Kier molecular flexibility index (Phi) is 7.91. The summed E-state index contributed by atoms with van der Waals surface area (Å²) in [7, 11) is 0. The first-order valence-corrected chi connectivity index (χ1v) is 21.6. The molecule has 0 aliphatic carbocycles. The Bertz CT molecular complexity index is 3880. The van der Waals surface area contributed by atoms with Crippen LogP contribution in [0.4, 0.5) is 0 Å². The van der Waals surface area contributed by atoms with Crippen LogP contribution < -0.4 is 0 Å². The highest BCUT2D eigenvalue weighted by Crippen LogP contribution is 2.40. The molecule has 0 aliphatic heterocycles. The molecule has 13 aromatic rings. The average Bonchev–Trinajstić information content (AvgIpc) is 4.02. The molecule has 13 rings (SSSR count). The van der Waals surface area contributed by atoms with Crippen molar-refractivity contribution in [2.24, 2.45) is 0 Å². The van der Waals surface area contributed by atoms with Gasteiger partial charge < -0.3 is 13.6 Å². The van der Waals surface area contributed by atoms with Crippen molar-refractivity contribution in [2.75, 3.05) is 0 Å². The van der Waals surface area contributed by atoms with Gasteiger partial charge in [0.1, 0.15) is 11.2 Å². The Morgan fingerprint density at radius 1 is 0.254 bits per heavy atom. The summed E-state index contributed by atoms with van der Waals surface area (Å²) < 4.78 is 11.2. The average molecular weight is 803 g/mol. The van der Waals surface area contributed by atoms with E-state index in [-0.39, 0.29) is 0 Å². The highest BCUT2D eigenvalue weighted by atomic mass is 16.3. The van der Waals surface area contributed by atoms with Crippen molar-refractivity contribution in [2.45, 2.75) is 0 Å². The highest BCUT2D eigenvalue weighted by Gasteiger charge is 2.17. The fraction of sp³-hybridized carbons (Fsp3) is 0. The van der Waals surface area contributed by atoms with Crippen LogP contribution in [-0.2, 0) is 0 Å². The summed E-state index contributed by atoms with van der Waals surface area (Å²) in [4.78, 5) is 0. The third-order valence-electron chi connectivity index (χ3n) is 12.9. The Hall–Kier alpha value is -8.40. The fourth-order valence-corrected chi connectivity index (χ4v) is 10.0. The first-order valence-electron chi connectivity index (χ1n) is 21.6. The van der Waals surface area contributed by atoms with Crippen molar-refractivity contribution in [1.82, 2.24) is 9.13 Å². The Morgan fingerprint density at radius 3 is 1.27 bits per heavy atom. The van der Waals surface area contributed by atoms with Crippen molar-refractivity contribution in [3.63, 3.8) is 0 Å². The van der Waals surface area contributed by atoms with E-state index in [1.807, 2.05) is 12.1 Å². The van der Waals surface area contributed by atoms with E-state index in [1.165, 1.54) is 77.0 Å². The maximum absolute atomic E-state index is 6.41. The van der Waals surface area contributed by atoms with E-state index in [4.69, 9.17) is 4.42 Å². The molecule has 63 heavy (non-hydrogen) atoms. The van der Waals surface area contributed by atoms with Gasteiger partial charge in [0.05, 0.1) is 22.1 Å². The molecule has 0 radical (unpaired) electrons. The van der Waals surface area contributed by atoms with Crippen LogP contribution in [0, 0.1) is 0 Å². The Morgan fingerprint density at radius 2 is 0.667 bits per heavy atom. The number of aromatic nitrogens is 2. The molecule has 10 aromatic carbocycles. The second-order valence-electron chi connectivity index (χ2n) is 16.5. The van der Waals surface area contributed by atoms with Crippen LogP contribution in [-0.4, -0.2) is 9.13 Å². The Balaban J connectivity index is 0.862. The molecule has 0 atom stereocenters. The summed E-state index contributed by atoms with van der Waals surface area (Å²) in [6.45, 7) is 0. The SMILES string of the molecule is c1cc(-c2cccc(-c3cccc(-n4c5ccccc5c5cc(-n6c7ccccc7c7ccccc76)ccc54)c3)c2)cc(-c2cccc(-c3cccc4c3oc3ccccc34)c2)c1. The summed E-state index contributed by atoms with van der Waals surface area (Å²) in [5.41, 5.74) is 18.2. The predicted octanol–water partition coefficient (Wildman–Crippen LogP) is 16.4. The number of para-hydroxylation sites is 5. The number of rotatable bonds is 6. The van der Waals surface area contributed by atoms with E-state index in [1.54, 1.807) is 0 Å². The molecule has 3 heteroatoms. The molecule has 0 unspecified atom stereocenters. The van der Waals surface area contributed by atoms with Crippen LogP contribution in [0.1, 0.15) is 0 Å². The molecular formula is C60H38N2O. The first kappa shape index (κ1) is 35.4. The van der Waals surface area contributed by atoms with Crippen molar-refractivity contribution < 1.29 is 4.42 Å². The maximum Gasteiger partial charge on any atom is 0.143 e. The number of benzene rings is 10. The second kappa shape index (κ2) is 14.1. The van der Waals surface area contributed by atoms with Gasteiger partial charge in [-0.25, -0.2) is 0 Å². The summed E-state index contributed by atoms with van der Waals surface area (Å²) in [6, 6.07) is 83.4. The van der Waals surface area contributed by atoms with Gasteiger partial charge in [0.2, 0.25) is 0 Å². The quantitative estimate of drug-likeness (QED) is 0.164. The lowest BCUT2D eigenvalue weighted by molar-refractivity contribution is 0.670. The molecule has 0 aliphatic rings. The zero-order valence-corrected chi connectivity index (χ0v) is 34.2. The van der Waals surface area contributed by atoms with Crippen LogP contribution in [0.5, 0.6) is 0 Å². The molecule has 0 N–H and O–H groups in total. The number of hydrogen-bond acceptors (Lipinski definition) is 1. The number of hydrogen-bond donors (Lipinski definition) is 0. The molecule has 0 amide bonds. The van der Waals surface area contributed by atoms with Gasteiger partial charge in [0.25, 0.3) is 0 Å². The first-order chi connectivity index (χ1) is 31.2. The van der Waals surface area contributed by atoms with Gasteiger partial charge in [-0.1, -0.05) is 158 Å². The predicted molar refractivity (Wildman–Crippen MR) is 264 cm³/mol. The van der Waals surface area contributed by atoms with Gasteiger partial charge in [0, 0.05) is 49.3 Å². The van der Waals surface area contributed by atoms with Crippen molar-refractivity contribution in [1.29, 1.82) is 0 Å². The fourth-order valence-electron chi connectivity index (χ4n) is 10.0. The van der Waals surface area contributed by atoms with E-state index >= 15 is 0 Å². The van der Waals surface area contributed by atoms with Crippen LogP contribution in [0.3, 0.4) is 0 Å². The zero-order valence-electron chi connectivity index (χ0n) is 34.2. The number of fused-ring (bicyclic) bond motifs is 9. The topological polar surface area (TPSA) is 23.0 Å². The summed E-state index contributed by atoms with van der Waals surface area (Å²) in [6.07, 6.45) is 0. The largest absolute Gasteiger partial charge is 0.455 e. The summed E-state index contributed by atoms with van der Waals surface area (Å²) in [5.74, 6) is 0. The summed E-state index contributed by atoms with van der Waals surface area (Å²) >= 11 is 0. The van der Waals surface area contributed by atoms with Gasteiger partial charge in [-0.2, -0.15) is 0 Å². The lowest BCUT2D eigenvalue weighted by Crippen LogP contribution is -1.96.